The van der Waals surface area contributed by atoms with Crippen LogP contribution in [0.1, 0.15) is 16.7 Å². The van der Waals surface area contributed by atoms with Gasteiger partial charge >= 0.3 is 0 Å². The van der Waals surface area contributed by atoms with Crippen molar-refractivity contribution in [3.8, 4) is 0 Å². The van der Waals surface area contributed by atoms with Crippen molar-refractivity contribution in [2.75, 3.05) is 32.7 Å². The summed E-state index contributed by atoms with van der Waals surface area (Å²) in [5.74, 6) is 0. The van der Waals surface area contributed by atoms with E-state index in [1.54, 1.807) is 0 Å². The molecule has 0 atom stereocenters. The van der Waals surface area contributed by atoms with Gasteiger partial charge in [0, 0.05) is 51.4 Å². The second-order valence-electron chi connectivity index (χ2n) is 6.03. The average Bonchev–Trinajstić information content (AvgIpc) is 2.80. The van der Waals surface area contributed by atoms with Gasteiger partial charge in [0.15, 0.2) is 0 Å². The summed E-state index contributed by atoms with van der Waals surface area (Å²) in [4.78, 5) is 2.57. The smallest absolute Gasteiger partial charge is 0.0512 e. The molecule has 3 nitrogen and oxygen atoms in total. The molecular weight excluding hydrogens is 246 g/mol. The van der Waals surface area contributed by atoms with E-state index in [1.807, 2.05) is 0 Å². The summed E-state index contributed by atoms with van der Waals surface area (Å²) in [6.45, 7) is 10.2. The number of rotatable bonds is 3. The number of hydrogen-bond donors (Lipinski definition) is 1. The average molecular weight is 271 g/mol. The Kier molecular flexibility index (Phi) is 3.81. The lowest BCUT2D eigenvalue weighted by Crippen LogP contribution is -2.44. The molecule has 1 N–H and O–H groups in total. The minimum absolute atomic E-state index is 1.13. The van der Waals surface area contributed by atoms with E-state index in [9.17, 15) is 0 Å². The molecule has 0 unspecified atom stereocenters. The van der Waals surface area contributed by atoms with Gasteiger partial charge in [-0.2, -0.15) is 0 Å². The molecule has 0 amide bonds. The molecule has 3 rings (SSSR count). The summed E-state index contributed by atoms with van der Waals surface area (Å²) < 4.78 is 2.30. The fraction of sp³-hybridized carbons (Fsp3) is 0.529. The molecule has 20 heavy (non-hydrogen) atoms. The summed E-state index contributed by atoms with van der Waals surface area (Å²) in [7, 11) is 2.17. The summed E-state index contributed by atoms with van der Waals surface area (Å²) in [5, 5.41) is 4.89. The van der Waals surface area contributed by atoms with Crippen LogP contribution in [0.2, 0.25) is 0 Å². The quantitative estimate of drug-likeness (QED) is 0.924. The van der Waals surface area contributed by atoms with Crippen LogP contribution in [0, 0.1) is 13.8 Å². The van der Waals surface area contributed by atoms with E-state index < -0.39 is 0 Å². The zero-order valence-corrected chi connectivity index (χ0v) is 12.9. The number of aromatic nitrogens is 1. The maximum atomic E-state index is 3.42. The second kappa shape index (κ2) is 5.58. The van der Waals surface area contributed by atoms with Gasteiger partial charge < -0.3 is 14.8 Å². The number of hydrogen-bond acceptors (Lipinski definition) is 2. The lowest BCUT2D eigenvalue weighted by molar-refractivity contribution is 0.244. The van der Waals surface area contributed by atoms with Crippen molar-refractivity contribution in [1.29, 1.82) is 0 Å². The van der Waals surface area contributed by atoms with Crippen LogP contribution in [0.25, 0.3) is 10.9 Å². The van der Waals surface area contributed by atoms with Crippen molar-refractivity contribution < 1.29 is 0 Å². The third-order valence-corrected chi connectivity index (χ3v) is 4.52. The first-order chi connectivity index (χ1) is 9.66. The Morgan fingerprint density at radius 2 is 1.80 bits per heavy atom. The molecule has 1 aromatic heterocycles. The highest BCUT2D eigenvalue weighted by Gasteiger charge is 2.14. The summed E-state index contributed by atoms with van der Waals surface area (Å²) in [5.41, 5.74) is 5.69. The van der Waals surface area contributed by atoms with Crippen molar-refractivity contribution in [1.82, 2.24) is 14.8 Å². The molecule has 0 radical (unpaired) electrons. The molecule has 0 saturated carbocycles. The first-order valence-corrected chi connectivity index (χ1v) is 7.64. The minimum atomic E-state index is 1.13. The summed E-state index contributed by atoms with van der Waals surface area (Å²) in [6, 6.07) is 4.49. The minimum Gasteiger partial charge on any atom is -0.350 e. The molecule has 2 aromatic rings. The molecule has 2 heterocycles. The molecule has 3 heteroatoms. The molecule has 1 aliphatic heterocycles. The van der Waals surface area contributed by atoms with E-state index in [2.05, 4.69) is 54.0 Å². The van der Waals surface area contributed by atoms with E-state index >= 15 is 0 Å². The zero-order valence-electron chi connectivity index (χ0n) is 12.9. The fourth-order valence-electron chi connectivity index (χ4n) is 3.42. The number of nitrogens with zero attached hydrogens (tertiary/aromatic N) is 2. The van der Waals surface area contributed by atoms with Gasteiger partial charge in [0.2, 0.25) is 0 Å². The van der Waals surface area contributed by atoms with Crippen molar-refractivity contribution in [3.05, 3.63) is 35.0 Å². The van der Waals surface area contributed by atoms with Crippen molar-refractivity contribution in [3.63, 3.8) is 0 Å². The van der Waals surface area contributed by atoms with E-state index in [0.717, 1.165) is 19.5 Å². The van der Waals surface area contributed by atoms with Gasteiger partial charge in [0.1, 0.15) is 0 Å². The Morgan fingerprint density at radius 3 is 2.55 bits per heavy atom. The first kappa shape index (κ1) is 13.7. The number of nitrogens with one attached hydrogen (secondary N) is 1. The Labute approximate surface area is 121 Å². The molecule has 0 bridgehead atoms. The predicted molar refractivity (Wildman–Crippen MR) is 85.4 cm³/mol. The van der Waals surface area contributed by atoms with Gasteiger partial charge in [-0.15, -0.1) is 0 Å². The number of fused-ring (bicyclic) bond motifs is 1. The maximum absolute atomic E-state index is 3.42. The van der Waals surface area contributed by atoms with Gasteiger partial charge in [-0.05, 0) is 37.0 Å². The number of benzene rings is 1. The molecular formula is C17H25N3. The standard InChI is InChI=1S/C17H25N3/c1-13-4-5-14(2)17-16(13)15(12-19(17)3)6-9-20-10-7-18-8-11-20/h4-5,12,18H,6-11H2,1-3H3. The Bertz CT molecular complexity index is 606. The van der Waals surface area contributed by atoms with Crippen LogP contribution in [0.15, 0.2) is 18.3 Å². The highest BCUT2D eigenvalue weighted by molar-refractivity contribution is 5.89. The monoisotopic (exact) mass is 271 g/mol. The largest absolute Gasteiger partial charge is 0.350 e. The Morgan fingerprint density at radius 1 is 1.10 bits per heavy atom. The maximum Gasteiger partial charge on any atom is 0.0512 e. The first-order valence-electron chi connectivity index (χ1n) is 7.64. The number of piperazine rings is 1. The van der Waals surface area contributed by atoms with Gasteiger partial charge in [-0.3, -0.25) is 0 Å². The molecule has 108 valence electrons. The predicted octanol–water partition coefficient (Wildman–Crippen LogP) is 2.24. The third kappa shape index (κ3) is 2.48. The Hall–Kier alpha value is -1.32. The highest BCUT2D eigenvalue weighted by atomic mass is 15.2. The third-order valence-electron chi connectivity index (χ3n) is 4.52. The zero-order chi connectivity index (χ0) is 14.1. The van der Waals surface area contributed by atoms with Crippen LogP contribution in [0.5, 0.6) is 0 Å². The summed E-state index contributed by atoms with van der Waals surface area (Å²) >= 11 is 0. The Balaban J connectivity index is 1.86. The summed E-state index contributed by atoms with van der Waals surface area (Å²) in [6.07, 6.45) is 3.48. The topological polar surface area (TPSA) is 20.2 Å². The second-order valence-corrected chi connectivity index (χ2v) is 6.03. The van der Waals surface area contributed by atoms with Crippen LogP contribution in [0.4, 0.5) is 0 Å². The van der Waals surface area contributed by atoms with E-state index in [-0.39, 0.29) is 0 Å². The van der Waals surface area contributed by atoms with Crippen molar-refractivity contribution in [2.24, 2.45) is 7.05 Å². The lowest BCUT2D eigenvalue weighted by atomic mass is 10.0. The molecule has 1 saturated heterocycles. The van der Waals surface area contributed by atoms with Crippen LogP contribution in [0.3, 0.4) is 0 Å². The molecule has 1 aliphatic rings. The van der Waals surface area contributed by atoms with Crippen LogP contribution >= 0.6 is 0 Å². The fourth-order valence-corrected chi connectivity index (χ4v) is 3.42. The van der Waals surface area contributed by atoms with E-state index in [4.69, 9.17) is 0 Å². The molecule has 1 aromatic carbocycles. The van der Waals surface area contributed by atoms with Crippen LogP contribution < -0.4 is 5.32 Å². The van der Waals surface area contributed by atoms with Crippen LogP contribution in [-0.2, 0) is 13.5 Å². The van der Waals surface area contributed by atoms with Gasteiger partial charge in [-0.25, -0.2) is 0 Å². The molecule has 1 fully saturated rings. The normalized spacial score (nSPS) is 16.9. The van der Waals surface area contributed by atoms with Crippen molar-refractivity contribution in [2.45, 2.75) is 20.3 Å². The van der Waals surface area contributed by atoms with Gasteiger partial charge in [0.25, 0.3) is 0 Å². The van der Waals surface area contributed by atoms with E-state index in [1.165, 1.54) is 47.2 Å². The lowest BCUT2D eigenvalue weighted by Gasteiger charge is -2.27. The molecule has 0 aliphatic carbocycles. The van der Waals surface area contributed by atoms with Crippen LogP contribution in [-0.4, -0.2) is 42.2 Å². The highest BCUT2D eigenvalue weighted by Crippen LogP contribution is 2.27. The molecule has 0 spiro atoms. The van der Waals surface area contributed by atoms with Crippen molar-refractivity contribution >= 4 is 10.9 Å². The SMILES string of the molecule is Cc1ccc(C)c2c1c(CCN1CCNCC1)cn2C. The van der Waals surface area contributed by atoms with Gasteiger partial charge in [0.05, 0.1) is 5.52 Å². The van der Waals surface area contributed by atoms with Gasteiger partial charge in [-0.1, -0.05) is 12.1 Å². The number of aryl methyl sites for hydroxylation is 3. The van der Waals surface area contributed by atoms with E-state index in [0.29, 0.717) is 0 Å².